The third kappa shape index (κ3) is 3.49. The summed E-state index contributed by atoms with van der Waals surface area (Å²) >= 11 is 0. The number of hydrogen-bond acceptors (Lipinski definition) is 5. The van der Waals surface area contributed by atoms with E-state index in [0.29, 0.717) is 6.08 Å². The summed E-state index contributed by atoms with van der Waals surface area (Å²) in [5, 5.41) is 28.2. The first kappa shape index (κ1) is 15.0. The second kappa shape index (κ2) is 6.24. The fourth-order valence-corrected chi connectivity index (χ4v) is 1.38. The predicted octanol–water partition coefficient (Wildman–Crippen LogP) is 2.17. The van der Waals surface area contributed by atoms with Gasteiger partial charge in [0.05, 0.1) is 4.92 Å². The van der Waals surface area contributed by atoms with Crippen molar-refractivity contribution in [3.63, 3.8) is 0 Å². The molecule has 0 heterocycles. The van der Waals surface area contributed by atoms with Crippen molar-refractivity contribution in [3.8, 4) is 11.8 Å². The van der Waals surface area contributed by atoms with E-state index in [-0.39, 0.29) is 5.56 Å². The summed E-state index contributed by atoms with van der Waals surface area (Å²) in [5.74, 6) is -2.10. The van der Waals surface area contributed by atoms with Gasteiger partial charge in [-0.1, -0.05) is 0 Å². The summed E-state index contributed by atoms with van der Waals surface area (Å²) in [6, 6.07) is 3.41. The van der Waals surface area contributed by atoms with E-state index in [0.717, 1.165) is 18.2 Å². The van der Waals surface area contributed by atoms with Crippen LogP contribution in [-0.2, 0) is 4.79 Å². The van der Waals surface area contributed by atoms with Crippen LogP contribution in [0.25, 0.3) is 6.08 Å². The van der Waals surface area contributed by atoms with Crippen molar-refractivity contribution in [2.45, 2.75) is 6.61 Å². The van der Waals surface area contributed by atoms with Crippen LogP contribution in [0.1, 0.15) is 11.1 Å². The molecule has 0 atom stereocenters. The van der Waals surface area contributed by atoms with Gasteiger partial charge in [0.15, 0.2) is 0 Å². The third-order valence-electron chi connectivity index (χ3n) is 2.09. The molecule has 0 spiro atoms. The molecule has 0 aliphatic carbocycles. The first-order valence-corrected chi connectivity index (χ1v) is 4.94. The van der Waals surface area contributed by atoms with Gasteiger partial charge in [0.1, 0.15) is 11.6 Å². The smallest absolute Gasteiger partial charge is 0.387 e. The highest BCUT2D eigenvalue weighted by molar-refractivity contribution is 5.86. The zero-order valence-electron chi connectivity index (χ0n) is 9.62. The highest BCUT2D eigenvalue weighted by atomic mass is 19.3. The first-order chi connectivity index (χ1) is 9.36. The minimum atomic E-state index is -3.29. The van der Waals surface area contributed by atoms with Crippen LogP contribution in [0.3, 0.4) is 0 Å². The summed E-state index contributed by atoms with van der Waals surface area (Å²) in [4.78, 5) is 20.2. The van der Waals surface area contributed by atoms with E-state index in [4.69, 9.17) is 10.4 Å². The number of halogens is 2. The number of nitro benzene ring substituents is 1. The Kier molecular flexibility index (Phi) is 4.69. The molecule has 0 unspecified atom stereocenters. The Balaban J connectivity index is 3.46. The number of carboxylic acids is 1. The molecule has 0 saturated heterocycles. The number of ether oxygens (including phenoxy) is 1. The number of nitrogens with zero attached hydrogens (tertiary/aromatic N) is 2. The number of rotatable bonds is 5. The number of carboxylic acid groups (broad SMARTS) is 1. The summed E-state index contributed by atoms with van der Waals surface area (Å²) in [6.07, 6.45) is 1.60. The summed E-state index contributed by atoms with van der Waals surface area (Å²) < 4.78 is 28.2. The van der Waals surface area contributed by atoms with Crippen molar-refractivity contribution in [2.75, 3.05) is 0 Å². The van der Waals surface area contributed by atoms with Crippen molar-refractivity contribution >= 4 is 17.7 Å². The van der Waals surface area contributed by atoms with Crippen molar-refractivity contribution in [1.29, 1.82) is 5.26 Å². The molecule has 0 amide bonds. The molecule has 0 fully saturated rings. The van der Waals surface area contributed by atoms with Gasteiger partial charge < -0.3 is 9.84 Å². The van der Waals surface area contributed by atoms with Gasteiger partial charge in [-0.2, -0.15) is 14.0 Å². The molecule has 0 radical (unpaired) electrons. The maximum atomic E-state index is 12.1. The Hall–Kier alpha value is -3.02. The minimum Gasteiger partial charge on any atom is -0.478 e. The Bertz CT molecular complexity index is 622. The fourth-order valence-electron chi connectivity index (χ4n) is 1.38. The molecule has 104 valence electrons. The van der Waals surface area contributed by atoms with Crippen LogP contribution in [0, 0.1) is 21.4 Å². The van der Waals surface area contributed by atoms with Crippen molar-refractivity contribution in [2.24, 2.45) is 0 Å². The largest absolute Gasteiger partial charge is 0.478 e. The zero-order valence-corrected chi connectivity index (χ0v) is 9.62. The maximum Gasteiger partial charge on any atom is 0.387 e. The number of nitro groups is 1. The molecule has 1 rings (SSSR count). The molecule has 0 saturated carbocycles. The molecule has 1 N–H and O–H groups in total. The Morgan fingerprint density at radius 1 is 1.55 bits per heavy atom. The Morgan fingerprint density at radius 3 is 2.65 bits per heavy atom. The lowest BCUT2D eigenvalue weighted by Gasteiger charge is -2.07. The lowest BCUT2D eigenvalue weighted by atomic mass is 10.1. The summed E-state index contributed by atoms with van der Waals surface area (Å²) in [5.41, 5.74) is -1.60. The standard InChI is InChI=1S/C11H6F2N2O5/c12-11(13)20-8-3-1-6(2-4-9(16)17)7(5-14)10(8)15(18)19/h1-4,11H,(H,16,17)/b4-2+. The van der Waals surface area contributed by atoms with Gasteiger partial charge >= 0.3 is 18.3 Å². The van der Waals surface area contributed by atoms with Crippen LogP contribution in [0.2, 0.25) is 0 Å². The van der Waals surface area contributed by atoms with Crippen molar-refractivity contribution in [3.05, 3.63) is 39.4 Å². The van der Waals surface area contributed by atoms with Crippen LogP contribution >= 0.6 is 0 Å². The molecule has 20 heavy (non-hydrogen) atoms. The van der Waals surface area contributed by atoms with Crippen LogP contribution in [0.15, 0.2) is 18.2 Å². The molecule has 1 aromatic carbocycles. The highest BCUT2D eigenvalue weighted by Gasteiger charge is 2.25. The molecule has 9 heteroatoms. The zero-order chi connectivity index (χ0) is 15.3. The first-order valence-electron chi connectivity index (χ1n) is 4.94. The van der Waals surface area contributed by atoms with Gasteiger partial charge in [0.25, 0.3) is 0 Å². The molecule has 0 bridgehead atoms. The monoisotopic (exact) mass is 284 g/mol. The normalized spacial score (nSPS) is 10.5. The molecular weight excluding hydrogens is 278 g/mol. The van der Waals surface area contributed by atoms with Crippen LogP contribution in [0.4, 0.5) is 14.5 Å². The molecule has 0 aromatic heterocycles. The SMILES string of the molecule is N#Cc1c(/C=C/C(=O)O)ccc(OC(F)F)c1[N+](=O)[O-]. The van der Waals surface area contributed by atoms with E-state index in [1.54, 1.807) is 0 Å². The van der Waals surface area contributed by atoms with Crippen LogP contribution in [-0.4, -0.2) is 22.6 Å². The molecule has 0 aliphatic rings. The van der Waals surface area contributed by atoms with Crippen molar-refractivity contribution in [1.82, 2.24) is 0 Å². The topological polar surface area (TPSA) is 113 Å². The number of carbonyl (C=O) groups is 1. The highest BCUT2D eigenvalue weighted by Crippen LogP contribution is 2.34. The van der Waals surface area contributed by atoms with Gasteiger partial charge in [-0.3, -0.25) is 10.1 Å². The van der Waals surface area contributed by atoms with Gasteiger partial charge in [-0.25, -0.2) is 4.79 Å². The summed E-state index contributed by atoms with van der Waals surface area (Å²) in [6.45, 7) is -3.29. The van der Waals surface area contributed by atoms with E-state index in [1.807, 2.05) is 0 Å². The van der Waals surface area contributed by atoms with Gasteiger partial charge in [-0.15, -0.1) is 0 Å². The molecule has 7 nitrogen and oxygen atoms in total. The minimum absolute atomic E-state index is 0.0942. The van der Waals surface area contributed by atoms with Crippen molar-refractivity contribution < 1.29 is 28.3 Å². The van der Waals surface area contributed by atoms with E-state index in [2.05, 4.69) is 4.74 Å². The molecular formula is C11H6F2N2O5. The predicted molar refractivity (Wildman–Crippen MR) is 61.1 cm³/mol. The van der Waals surface area contributed by atoms with Crippen LogP contribution in [0.5, 0.6) is 5.75 Å². The molecule has 0 aliphatic heterocycles. The van der Waals surface area contributed by atoms with E-state index in [1.165, 1.54) is 6.07 Å². The van der Waals surface area contributed by atoms with E-state index < -0.39 is 34.5 Å². The van der Waals surface area contributed by atoms with E-state index in [9.17, 15) is 23.7 Å². The second-order valence-electron chi connectivity index (χ2n) is 3.30. The summed E-state index contributed by atoms with van der Waals surface area (Å²) in [7, 11) is 0. The Morgan fingerprint density at radius 2 is 2.20 bits per heavy atom. The average molecular weight is 284 g/mol. The fraction of sp³-hybridized carbons (Fsp3) is 0.0909. The number of hydrogen-bond donors (Lipinski definition) is 1. The lowest BCUT2D eigenvalue weighted by Crippen LogP contribution is -2.06. The van der Waals surface area contributed by atoms with Gasteiger partial charge in [0.2, 0.25) is 5.75 Å². The maximum absolute atomic E-state index is 12.1. The average Bonchev–Trinajstić information content (AvgIpc) is 2.35. The number of benzene rings is 1. The van der Waals surface area contributed by atoms with Crippen LogP contribution < -0.4 is 4.74 Å². The van der Waals surface area contributed by atoms with Gasteiger partial charge in [-0.05, 0) is 23.8 Å². The number of aliphatic carboxylic acids is 1. The number of nitriles is 1. The quantitative estimate of drug-likeness (QED) is 0.503. The second-order valence-corrected chi connectivity index (χ2v) is 3.30. The van der Waals surface area contributed by atoms with Gasteiger partial charge in [0, 0.05) is 6.08 Å². The number of alkyl halides is 2. The third-order valence-corrected chi connectivity index (χ3v) is 2.09. The Labute approximate surface area is 110 Å². The lowest BCUT2D eigenvalue weighted by molar-refractivity contribution is -0.386. The van der Waals surface area contributed by atoms with E-state index >= 15 is 0 Å². The molecule has 1 aromatic rings.